The largest absolute Gasteiger partial charge is 0.437 e. The van der Waals surface area contributed by atoms with Crippen molar-refractivity contribution in [3.8, 4) is 28.2 Å². The van der Waals surface area contributed by atoms with Crippen LogP contribution in [0.5, 0.6) is 0 Å². The summed E-state index contributed by atoms with van der Waals surface area (Å²) in [5.74, 6) is 0.783. The van der Waals surface area contributed by atoms with Gasteiger partial charge in [-0.15, -0.1) is 0 Å². The van der Waals surface area contributed by atoms with Crippen molar-refractivity contribution in [3.05, 3.63) is 109 Å². The summed E-state index contributed by atoms with van der Waals surface area (Å²) in [5, 5.41) is 2.02. The van der Waals surface area contributed by atoms with Crippen molar-refractivity contribution < 1.29 is 4.42 Å². The van der Waals surface area contributed by atoms with E-state index in [4.69, 9.17) is 14.4 Å². The SMILES string of the molecule is Cc1ccc2c(n1)oc1c(-c3nc4cc(-c5ccccc5)cnc4n3-c3ccccc3)cccc12. The molecule has 0 spiro atoms. The fourth-order valence-electron chi connectivity index (χ4n) is 4.70. The van der Waals surface area contributed by atoms with Crippen molar-refractivity contribution in [3.63, 3.8) is 0 Å². The van der Waals surface area contributed by atoms with Crippen LogP contribution in [0.4, 0.5) is 0 Å². The molecule has 5 heteroatoms. The zero-order valence-corrected chi connectivity index (χ0v) is 19.0. The van der Waals surface area contributed by atoms with Crippen molar-refractivity contribution >= 4 is 33.2 Å². The van der Waals surface area contributed by atoms with Crippen LogP contribution in [0.15, 0.2) is 108 Å². The first-order chi connectivity index (χ1) is 17.3. The van der Waals surface area contributed by atoms with Gasteiger partial charge in [0.2, 0.25) is 5.71 Å². The van der Waals surface area contributed by atoms with Crippen LogP contribution in [0.1, 0.15) is 5.69 Å². The highest BCUT2D eigenvalue weighted by Crippen LogP contribution is 2.37. The normalized spacial score (nSPS) is 11.6. The number of rotatable bonds is 3. The Morgan fingerprint density at radius 3 is 2.34 bits per heavy atom. The van der Waals surface area contributed by atoms with Gasteiger partial charge in [0.05, 0.1) is 5.56 Å². The number of hydrogen-bond acceptors (Lipinski definition) is 4. The average molecular weight is 453 g/mol. The third-order valence-corrected chi connectivity index (χ3v) is 6.36. The van der Waals surface area contributed by atoms with E-state index < -0.39 is 0 Å². The van der Waals surface area contributed by atoms with Crippen molar-refractivity contribution in [2.24, 2.45) is 0 Å². The van der Waals surface area contributed by atoms with E-state index in [1.165, 1.54) is 0 Å². The van der Waals surface area contributed by atoms with Gasteiger partial charge in [0, 0.05) is 33.9 Å². The van der Waals surface area contributed by atoms with Crippen LogP contribution in [-0.4, -0.2) is 19.5 Å². The molecule has 0 bridgehead atoms. The number of benzene rings is 3. The maximum atomic E-state index is 6.31. The molecule has 7 rings (SSSR count). The standard InChI is InChI=1S/C30H20N4O/c1-19-15-16-24-23-13-8-14-25(27(23)35-30(24)32-19)28-33-26-17-21(20-9-4-2-5-10-20)18-31-29(26)34(28)22-11-6-3-7-12-22/h2-18H,1H3. The Hall–Kier alpha value is -4.77. The Morgan fingerprint density at radius 2 is 1.51 bits per heavy atom. The number of hydrogen-bond donors (Lipinski definition) is 0. The van der Waals surface area contributed by atoms with E-state index in [2.05, 4.69) is 58.1 Å². The lowest BCUT2D eigenvalue weighted by Gasteiger charge is -2.09. The molecule has 0 amide bonds. The van der Waals surface area contributed by atoms with Crippen LogP contribution in [0.2, 0.25) is 0 Å². The van der Waals surface area contributed by atoms with E-state index in [0.29, 0.717) is 5.71 Å². The number of nitrogens with zero attached hydrogens (tertiary/aromatic N) is 4. The van der Waals surface area contributed by atoms with Gasteiger partial charge >= 0.3 is 0 Å². The molecule has 166 valence electrons. The number of imidazole rings is 1. The van der Waals surface area contributed by atoms with Crippen molar-refractivity contribution in [1.82, 2.24) is 19.5 Å². The first-order valence-corrected chi connectivity index (χ1v) is 11.5. The fraction of sp³-hybridized carbons (Fsp3) is 0.0333. The zero-order valence-electron chi connectivity index (χ0n) is 19.0. The number of aryl methyl sites for hydroxylation is 1. The van der Waals surface area contributed by atoms with Crippen LogP contribution in [0.3, 0.4) is 0 Å². The van der Waals surface area contributed by atoms with Gasteiger partial charge in [-0.25, -0.2) is 15.0 Å². The molecule has 0 aliphatic carbocycles. The first-order valence-electron chi connectivity index (χ1n) is 11.5. The molecule has 3 aromatic carbocycles. The minimum atomic E-state index is 0.638. The van der Waals surface area contributed by atoms with Gasteiger partial charge in [-0.3, -0.25) is 4.57 Å². The zero-order chi connectivity index (χ0) is 23.4. The van der Waals surface area contributed by atoms with Crippen molar-refractivity contribution in [2.45, 2.75) is 6.92 Å². The van der Waals surface area contributed by atoms with Crippen LogP contribution in [-0.2, 0) is 0 Å². The Labute approximate surface area is 201 Å². The highest BCUT2D eigenvalue weighted by Gasteiger charge is 2.21. The van der Waals surface area contributed by atoms with Crippen molar-refractivity contribution in [2.75, 3.05) is 0 Å². The highest BCUT2D eigenvalue weighted by molar-refractivity contribution is 6.08. The Bertz CT molecular complexity index is 1850. The van der Waals surface area contributed by atoms with E-state index >= 15 is 0 Å². The number of fused-ring (bicyclic) bond motifs is 4. The minimum Gasteiger partial charge on any atom is -0.437 e. The average Bonchev–Trinajstić information content (AvgIpc) is 3.47. The molecule has 5 nitrogen and oxygen atoms in total. The summed E-state index contributed by atoms with van der Waals surface area (Å²) in [6.07, 6.45) is 1.91. The lowest BCUT2D eigenvalue weighted by molar-refractivity contribution is 0.653. The smallest absolute Gasteiger partial charge is 0.227 e. The summed E-state index contributed by atoms with van der Waals surface area (Å²) in [4.78, 5) is 14.6. The predicted octanol–water partition coefficient (Wildman–Crippen LogP) is 7.36. The number of aromatic nitrogens is 4. The third-order valence-electron chi connectivity index (χ3n) is 6.36. The van der Waals surface area contributed by atoms with Crippen LogP contribution in [0, 0.1) is 6.92 Å². The first kappa shape index (κ1) is 19.7. The Kier molecular flexibility index (Phi) is 4.29. The molecule has 0 unspecified atom stereocenters. The molecule has 4 aromatic heterocycles. The number of furan rings is 1. The summed E-state index contributed by atoms with van der Waals surface area (Å²) < 4.78 is 8.42. The van der Waals surface area contributed by atoms with Gasteiger partial charge in [-0.1, -0.05) is 60.7 Å². The Morgan fingerprint density at radius 1 is 0.714 bits per heavy atom. The topological polar surface area (TPSA) is 56.7 Å². The van der Waals surface area contributed by atoms with Crippen LogP contribution >= 0.6 is 0 Å². The molecule has 0 aliphatic rings. The number of para-hydroxylation sites is 2. The molecule has 0 atom stereocenters. The van der Waals surface area contributed by atoms with Crippen LogP contribution < -0.4 is 0 Å². The minimum absolute atomic E-state index is 0.638. The third kappa shape index (κ3) is 3.13. The van der Waals surface area contributed by atoms with Gasteiger partial charge in [-0.2, -0.15) is 0 Å². The van der Waals surface area contributed by atoms with Crippen molar-refractivity contribution in [1.29, 1.82) is 0 Å². The van der Waals surface area contributed by atoms with Gasteiger partial charge in [0.15, 0.2) is 11.5 Å². The molecule has 0 fully saturated rings. The highest BCUT2D eigenvalue weighted by atomic mass is 16.3. The van der Waals surface area contributed by atoms with E-state index in [0.717, 1.165) is 61.4 Å². The molecule has 0 N–H and O–H groups in total. The predicted molar refractivity (Wildman–Crippen MR) is 140 cm³/mol. The maximum absolute atomic E-state index is 6.31. The van der Waals surface area contributed by atoms with Gasteiger partial charge in [0.25, 0.3) is 0 Å². The van der Waals surface area contributed by atoms with E-state index in [-0.39, 0.29) is 0 Å². The van der Waals surface area contributed by atoms with Gasteiger partial charge < -0.3 is 4.42 Å². The maximum Gasteiger partial charge on any atom is 0.227 e. The summed E-state index contributed by atoms with van der Waals surface area (Å²) in [6.45, 7) is 1.97. The summed E-state index contributed by atoms with van der Waals surface area (Å²) in [7, 11) is 0. The monoisotopic (exact) mass is 452 g/mol. The molecule has 0 aliphatic heterocycles. The van der Waals surface area contributed by atoms with Gasteiger partial charge in [0.1, 0.15) is 11.1 Å². The summed E-state index contributed by atoms with van der Waals surface area (Å²) >= 11 is 0. The van der Waals surface area contributed by atoms with E-state index in [9.17, 15) is 0 Å². The molecule has 0 saturated carbocycles. The quantitative estimate of drug-likeness (QED) is 0.281. The van der Waals surface area contributed by atoms with E-state index in [1.807, 2.05) is 61.7 Å². The van der Waals surface area contributed by atoms with Gasteiger partial charge in [-0.05, 0) is 48.9 Å². The molecule has 7 aromatic rings. The fourth-order valence-corrected chi connectivity index (χ4v) is 4.70. The van der Waals surface area contributed by atoms with E-state index in [1.54, 1.807) is 0 Å². The summed E-state index contributed by atoms with van der Waals surface area (Å²) in [6, 6.07) is 32.8. The van der Waals surface area contributed by atoms with Crippen LogP contribution in [0.25, 0.3) is 61.4 Å². The lowest BCUT2D eigenvalue weighted by atomic mass is 10.1. The lowest BCUT2D eigenvalue weighted by Crippen LogP contribution is -1.98. The second kappa shape index (κ2) is 7.64. The molecule has 0 radical (unpaired) electrons. The molecular weight excluding hydrogens is 432 g/mol. The molecule has 35 heavy (non-hydrogen) atoms. The molecular formula is C30H20N4O. The summed E-state index contributed by atoms with van der Waals surface area (Å²) in [5.41, 5.74) is 8.00. The second-order valence-corrected chi connectivity index (χ2v) is 8.63. The number of pyridine rings is 2. The Balaban J connectivity index is 1.54. The molecule has 0 saturated heterocycles. The molecule has 4 heterocycles. The second-order valence-electron chi connectivity index (χ2n) is 8.63.